The second kappa shape index (κ2) is 9.80. The summed E-state index contributed by atoms with van der Waals surface area (Å²) in [5.74, 6) is 1.41. The van der Waals surface area contributed by atoms with Crippen LogP contribution in [0.5, 0.6) is 11.5 Å². The van der Waals surface area contributed by atoms with Crippen molar-refractivity contribution in [3.05, 3.63) is 66.4 Å². The Balaban J connectivity index is 1.22. The highest BCUT2D eigenvalue weighted by atomic mass is 32.2. The second-order valence-electron chi connectivity index (χ2n) is 7.95. The Labute approximate surface area is 202 Å². The molecule has 1 fully saturated rings. The number of anilines is 3. The zero-order chi connectivity index (χ0) is 24.3. The zero-order valence-corrected chi connectivity index (χ0v) is 19.6. The minimum absolute atomic E-state index is 0.0524. The summed E-state index contributed by atoms with van der Waals surface area (Å²) >= 11 is 0. The van der Waals surface area contributed by atoms with Crippen molar-refractivity contribution in [1.29, 1.82) is 0 Å². The molecule has 2 aliphatic heterocycles. The summed E-state index contributed by atoms with van der Waals surface area (Å²) in [7, 11) is -3.85. The lowest BCUT2D eigenvalue weighted by molar-refractivity contribution is 0.102. The van der Waals surface area contributed by atoms with Crippen molar-refractivity contribution in [2.24, 2.45) is 0 Å². The molecule has 3 heterocycles. The number of carbonyl (C=O) groups excluding carboxylic acids is 1. The number of nitrogens with one attached hydrogen (secondary N) is 2. The lowest BCUT2D eigenvalue weighted by Crippen LogP contribution is -2.36. The first-order valence-electron chi connectivity index (χ1n) is 11.1. The number of nitrogens with zero attached hydrogens (tertiary/aromatic N) is 2. The number of aromatic nitrogens is 1. The number of benzene rings is 2. The van der Waals surface area contributed by atoms with E-state index in [0.717, 1.165) is 18.9 Å². The van der Waals surface area contributed by atoms with Gasteiger partial charge >= 0.3 is 0 Å². The molecule has 1 amide bonds. The minimum Gasteiger partial charge on any atom is -0.486 e. The van der Waals surface area contributed by atoms with Crippen molar-refractivity contribution in [3.63, 3.8) is 0 Å². The van der Waals surface area contributed by atoms with Crippen LogP contribution in [0.3, 0.4) is 0 Å². The number of hydrogen-bond acceptors (Lipinski definition) is 8. The maximum absolute atomic E-state index is 12.8. The largest absolute Gasteiger partial charge is 0.486 e. The van der Waals surface area contributed by atoms with E-state index in [2.05, 4.69) is 19.9 Å². The second-order valence-corrected chi connectivity index (χ2v) is 9.63. The number of fused-ring (bicyclic) bond motifs is 1. The molecule has 182 valence electrons. The van der Waals surface area contributed by atoms with E-state index in [-0.39, 0.29) is 10.8 Å². The SMILES string of the molecule is O=C(Nc1ccc(N2CCOCC2)nc1)c1ccc(NS(=O)(=O)c2ccc3c(c2)OCCO3)cc1. The molecule has 1 aromatic heterocycles. The highest BCUT2D eigenvalue weighted by Crippen LogP contribution is 2.32. The molecule has 2 N–H and O–H groups in total. The van der Waals surface area contributed by atoms with Gasteiger partial charge in [0.15, 0.2) is 11.5 Å². The molecular weight excluding hydrogens is 472 g/mol. The Hall–Kier alpha value is -3.83. The van der Waals surface area contributed by atoms with Crippen molar-refractivity contribution >= 4 is 33.1 Å². The minimum atomic E-state index is -3.85. The van der Waals surface area contributed by atoms with Gasteiger partial charge in [-0.1, -0.05) is 0 Å². The van der Waals surface area contributed by atoms with Crippen LogP contribution < -0.4 is 24.4 Å². The van der Waals surface area contributed by atoms with E-state index in [1.54, 1.807) is 30.5 Å². The van der Waals surface area contributed by atoms with Crippen LogP contribution in [0.1, 0.15) is 10.4 Å². The van der Waals surface area contributed by atoms with Crippen LogP contribution in [0.15, 0.2) is 65.7 Å². The molecular formula is C24H24N4O6S. The number of rotatable bonds is 6. The number of carbonyl (C=O) groups is 1. The summed E-state index contributed by atoms with van der Waals surface area (Å²) < 4.78 is 44.3. The molecule has 11 heteroatoms. The zero-order valence-electron chi connectivity index (χ0n) is 18.8. The van der Waals surface area contributed by atoms with Crippen molar-refractivity contribution < 1.29 is 27.4 Å². The monoisotopic (exact) mass is 496 g/mol. The average Bonchev–Trinajstić information content (AvgIpc) is 2.89. The molecule has 0 saturated carbocycles. The highest BCUT2D eigenvalue weighted by molar-refractivity contribution is 7.92. The number of hydrogen-bond donors (Lipinski definition) is 2. The fraction of sp³-hybridized carbons (Fsp3) is 0.250. The Morgan fingerprint density at radius 2 is 1.57 bits per heavy atom. The third-order valence-corrected chi connectivity index (χ3v) is 6.94. The van der Waals surface area contributed by atoms with Crippen LogP contribution in [-0.2, 0) is 14.8 Å². The van der Waals surface area contributed by atoms with Gasteiger partial charge < -0.3 is 24.4 Å². The lowest BCUT2D eigenvalue weighted by Gasteiger charge is -2.27. The Morgan fingerprint density at radius 1 is 0.857 bits per heavy atom. The molecule has 0 bridgehead atoms. The Morgan fingerprint density at radius 3 is 2.29 bits per heavy atom. The molecule has 2 aliphatic rings. The molecule has 35 heavy (non-hydrogen) atoms. The fourth-order valence-corrected chi connectivity index (χ4v) is 4.81. The molecule has 2 aromatic carbocycles. The molecule has 3 aromatic rings. The van der Waals surface area contributed by atoms with Crippen molar-refractivity contribution in [1.82, 2.24) is 4.98 Å². The van der Waals surface area contributed by atoms with Crippen molar-refractivity contribution in [2.75, 3.05) is 54.5 Å². The number of ether oxygens (including phenoxy) is 3. The first kappa shape index (κ1) is 22.9. The number of amides is 1. The predicted molar refractivity (Wildman–Crippen MR) is 130 cm³/mol. The van der Waals surface area contributed by atoms with Crippen LogP contribution >= 0.6 is 0 Å². The normalized spacial score (nSPS) is 15.4. The van der Waals surface area contributed by atoms with Gasteiger partial charge in [-0.3, -0.25) is 9.52 Å². The van der Waals surface area contributed by atoms with Gasteiger partial charge in [-0.15, -0.1) is 0 Å². The maximum atomic E-state index is 12.8. The first-order chi connectivity index (χ1) is 17.0. The molecule has 5 rings (SSSR count). The smallest absolute Gasteiger partial charge is 0.262 e. The van der Waals surface area contributed by atoms with Gasteiger partial charge in [-0.2, -0.15) is 0 Å². The summed E-state index contributed by atoms with van der Waals surface area (Å²) in [6.07, 6.45) is 1.61. The van der Waals surface area contributed by atoms with E-state index >= 15 is 0 Å². The van der Waals surface area contributed by atoms with E-state index in [1.165, 1.54) is 24.3 Å². The summed E-state index contributed by atoms with van der Waals surface area (Å²) in [5.41, 5.74) is 1.27. The Kier molecular flexibility index (Phi) is 6.43. The maximum Gasteiger partial charge on any atom is 0.262 e. The predicted octanol–water partition coefficient (Wildman–Crippen LogP) is 2.74. The van der Waals surface area contributed by atoms with Gasteiger partial charge in [0, 0.05) is 30.4 Å². The lowest BCUT2D eigenvalue weighted by atomic mass is 10.2. The van der Waals surface area contributed by atoms with Gasteiger partial charge in [0.2, 0.25) is 0 Å². The summed E-state index contributed by atoms with van der Waals surface area (Å²) in [5, 5.41) is 2.80. The van der Waals surface area contributed by atoms with E-state index in [9.17, 15) is 13.2 Å². The molecule has 0 atom stereocenters. The topological polar surface area (TPSA) is 119 Å². The van der Waals surface area contributed by atoms with Crippen LogP contribution in [0.25, 0.3) is 0 Å². The van der Waals surface area contributed by atoms with Crippen molar-refractivity contribution in [2.45, 2.75) is 4.90 Å². The summed E-state index contributed by atoms with van der Waals surface area (Å²) in [6, 6.07) is 14.3. The van der Waals surface area contributed by atoms with Crippen LogP contribution in [0.2, 0.25) is 0 Å². The standard InChI is InChI=1S/C24H24N4O6S/c29-24(26-19-5-8-23(25-16-19)28-9-11-32-12-10-28)17-1-3-18(4-2-17)27-35(30,31)20-6-7-21-22(15-20)34-14-13-33-21/h1-8,15-16,27H,9-14H2,(H,26,29). The van der Waals surface area contributed by atoms with Gasteiger partial charge in [0.25, 0.3) is 15.9 Å². The number of sulfonamides is 1. The fourth-order valence-electron chi connectivity index (χ4n) is 3.74. The third-order valence-electron chi connectivity index (χ3n) is 5.56. The van der Waals surface area contributed by atoms with E-state index in [0.29, 0.717) is 54.9 Å². The molecule has 0 radical (unpaired) electrons. The molecule has 0 unspecified atom stereocenters. The molecule has 0 spiro atoms. The van der Waals surface area contributed by atoms with E-state index in [1.807, 2.05) is 6.07 Å². The van der Waals surface area contributed by atoms with E-state index < -0.39 is 10.0 Å². The number of pyridine rings is 1. The summed E-state index contributed by atoms with van der Waals surface area (Å²) in [6.45, 7) is 3.69. The van der Waals surface area contributed by atoms with Gasteiger partial charge in [-0.25, -0.2) is 13.4 Å². The first-order valence-corrected chi connectivity index (χ1v) is 12.6. The van der Waals surface area contributed by atoms with E-state index in [4.69, 9.17) is 14.2 Å². The highest BCUT2D eigenvalue weighted by Gasteiger charge is 2.20. The Bertz CT molecular complexity index is 1310. The number of morpholine rings is 1. The van der Waals surface area contributed by atoms with Crippen molar-refractivity contribution in [3.8, 4) is 11.5 Å². The van der Waals surface area contributed by atoms with Gasteiger partial charge in [0.1, 0.15) is 19.0 Å². The molecule has 1 saturated heterocycles. The average molecular weight is 497 g/mol. The molecule has 0 aliphatic carbocycles. The quantitative estimate of drug-likeness (QED) is 0.535. The summed E-state index contributed by atoms with van der Waals surface area (Å²) in [4.78, 5) is 19.2. The molecule has 10 nitrogen and oxygen atoms in total. The van der Waals surface area contributed by atoms with Crippen LogP contribution in [0.4, 0.5) is 17.2 Å². The third kappa shape index (κ3) is 5.31. The van der Waals surface area contributed by atoms with Gasteiger partial charge in [-0.05, 0) is 48.5 Å². The van der Waals surface area contributed by atoms with Crippen LogP contribution in [-0.4, -0.2) is 58.8 Å². The van der Waals surface area contributed by atoms with Gasteiger partial charge in [0.05, 0.1) is 30.0 Å². The van der Waals surface area contributed by atoms with Crippen LogP contribution in [0, 0.1) is 0 Å².